The van der Waals surface area contributed by atoms with Crippen LogP contribution in [0.1, 0.15) is 25.0 Å². The first-order valence-corrected chi connectivity index (χ1v) is 21.8. The molecule has 0 radical (unpaired) electrons. The third kappa shape index (κ3) is 4.61. The maximum atomic E-state index is 2.45. The summed E-state index contributed by atoms with van der Waals surface area (Å²) in [7, 11) is 0. The Labute approximate surface area is 352 Å². The molecule has 1 heteroatoms. The van der Waals surface area contributed by atoms with E-state index in [1.807, 2.05) is 11.3 Å². The maximum Gasteiger partial charge on any atom is 0.0361 e. The van der Waals surface area contributed by atoms with Gasteiger partial charge in [0, 0.05) is 25.6 Å². The molecule has 0 nitrogen and oxygen atoms in total. The lowest BCUT2D eigenvalue weighted by Crippen LogP contribution is -2.16. The Morgan fingerprint density at radius 3 is 1.48 bits per heavy atom. The Bertz CT molecular complexity index is 3740. The maximum absolute atomic E-state index is 2.45. The van der Waals surface area contributed by atoms with Gasteiger partial charge in [0.15, 0.2) is 0 Å². The van der Waals surface area contributed by atoms with Gasteiger partial charge in [-0.3, -0.25) is 0 Å². The van der Waals surface area contributed by atoms with Crippen LogP contribution in [0.2, 0.25) is 0 Å². The normalized spacial score (nSPS) is 13.3. The van der Waals surface area contributed by atoms with E-state index < -0.39 is 0 Å². The standard InChI is InChI=1S/C59H38S/c1-59(2)57-40-18-6-4-15-36(40)26-28-49(57)50-32-33-52-56(58(50)59)51-29-27-37(34-53(51)60-52)39-30-31-48(42-20-8-7-19-41(39)42)55-46-23-11-9-21-44(46)54(45-22-10-12-24-47(45)55)43-25-13-16-35-14-3-5-17-38(35)43/h3-34H,1-2H3. The van der Waals surface area contributed by atoms with E-state index in [9.17, 15) is 0 Å². The van der Waals surface area contributed by atoms with Crippen molar-refractivity contribution in [1.29, 1.82) is 0 Å². The molecule has 13 rings (SSSR count). The molecule has 60 heavy (non-hydrogen) atoms. The second kappa shape index (κ2) is 12.5. The molecule has 0 amide bonds. The summed E-state index contributed by atoms with van der Waals surface area (Å²) in [5, 5.41) is 15.6. The molecule has 0 saturated carbocycles. The SMILES string of the molecule is CC1(C)c2c(ccc3ccccc23)-c2ccc3sc4cc(-c5ccc(-c6c7ccccc7c(-c7cccc8ccccc78)c7ccccc67)c6ccccc56)ccc4c3c21. The van der Waals surface area contributed by atoms with Crippen molar-refractivity contribution >= 4 is 85.4 Å². The third-order valence-corrected chi connectivity index (χ3v) is 14.7. The first kappa shape index (κ1) is 33.9. The lowest BCUT2D eigenvalue weighted by atomic mass is 9.78. The first-order chi connectivity index (χ1) is 29.5. The van der Waals surface area contributed by atoms with Crippen LogP contribution < -0.4 is 0 Å². The molecule has 0 atom stereocenters. The molecule has 0 unspecified atom stereocenters. The van der Waals surface area contributed by atoms with Crippen LogP contribution >= 0.6 is 11.3 Å². The van der Waals surface area contributed by atoms with Crippen molar-refractivity contribution in [2.75, 3.05) is 0 Å². The average Bonchev–Trinajstić information content (AvgIpc) is 3.78. The lowest BCUT2D eigenvalue weighted by molar-refractivity contribution is 0.673. The van der Waals surface area contributed by atoms with Gasteiger partial charge >= 0.3 is 0 Å². The molecule has 0 saturated heterocycles. The number of benzene rings is 11. The topological polar surface area (TPSA) is 0 Å². The van der Waals surface area contributed by atoms with E-state index in [2.05, 4.69) is 208 Å². The summed E-state index contributed by atoms with van der Waals surface area (Å²) in [4.78, 5) is 0. The summed E-state index contributed by atoms with van der Waals surface area (Å²) >= 11 is 1.93. The van der Waals surface area contributed by atoms with Crippen LogP contribution in [0, 0.1) is 0 Å². The van der Waals surface area contributed by atoms with E-state index in [4.69, 9.17) is 0 Å². The Hall–Kier alpha value is -7.06. The number of hydrogen-bond donors (Lipinski definition) is 0. The van der Waals surface area contributed by atoms with Crippen LogP contribution in [0.15, 0.2) is 194 Å². The Kier molecular flexibility index (Phi) is 7.04. The van der Waals surface area contributed by atoms with Gasteiger partial charge in [0.25, 0.3) is 0 Å². The molecule has 0 bridgehead atoms. The molecular weight excluding hydrogens is 741 g/mol. The fourth-order valence-corrected chi connectivity index (χ4v) is 12.3. The smallest absolute Gasteiger partial charge is 0.0361 e. The second-order valence-electron chi connectivity index (χ2n) is 17.1. The Morgan fingerprint density at radius 2 is 0.800 bits per heavy atom. The highest BCUT2D eigenvalue weighted by molar-refractivity contribution is 7.25. The van der Waals surface area contributed by atoms with Gasteiger partial charge in [0.2, 0.25) is 0 Å². The van der Waals surface area contributed by atoms with Crippen LogP contribution in [-0.2, 0) is 5.41 Å². The highest BCUT2D eigenvalue weighted by Gasteiger charge is 2.39. The molecule has 0 N–H and O–H groups in total. The van der Waals surface area contributed by atoms with Crippen LogP contribution in [0.4, 0.5) is 0 Å². The monoisotopic (exact) mass is 778 g/mol. The van der Waals surface area contributed by atoms with E-state index in [0.29, 0.717) is 0 Å². The van der Waals surface area contributed by atoms with Crippen molar-refractivity contribution in [3.63, 3.8) is 0 Å². The summed E-state index contributed by atoms with van der Waals surface area (Å²) in [5.41, 5.74) is 13.2. The van der Waals surface area contributed by atoms with Crippen molar-refractivity contribution in [2.45, 2.75) is 19.3 Å². The van der Waals surface area contributed by atoms with Crippen molar-refractivity contribution < 1.29 is 0 Å². The molecule has 1 heterocycles. The first-order valence-electron chi connectivity index (χ1n) is 21.0. The Balaban J connectivity index is 1.00. The van der Waals surface area contributed by atoms with Crippen molar-refractivity contribution in [2.24, 2.45) is 0 Å². The molecule has 0 fully saturated rings. The summed E-state index contributed by atoms with van der Waals surface area (Å²) in [5.74, 6) is 0. The molecule has 12 aromatic rings. The molecular formula is C59H38S. The highest BCUT2D eigenvalue weighted by Crippen LogP contribution is 2.56. The minimum absolute atomic E-state index is 0.120. The van der Waals surface area contributed by atoms with Crippen molar-refractivity contribution in [1.82, 2.24) is 0 Å². The third-order valence-electron chi connectivity index (χ3n) is 13.6. The van der Waals surface area contributed by atoms with Crippen molar-refractivity contribution in [3.8, 4) is 44.5 Å². The zero-order chi connectivity index (χ0) is 39.7. The highest BCUT2D eigenvalue weighted by atomic mass is 32.1. The molecule has 0 aliphatic heterocycles. The van der Waals surface area contributed by atoms with Gasteiger partial charge in [-0.2, -0.15) is 0 Å². The van der Waals surface area contributed by atoms with Crippen LogP contribution in [0.25, 0.3) is 119 Å². The molecule has 1 aliphatic carbocycles. The molecule has 280 valence electrons. The fourth-order valence-electron chi connectivity index (χ4n) is 11.1. The van der Waals surface area contributed by atoms with E-state index in [1.165, 1.54) is 130 Å². The summed E-state index contributed by atoms with van der Waals surface area (Å²) in [6.45, 7) is 4.86. The quantitative estimate of drug-likeness (QED) is 0.157. The molecule has 1 aliphatic rings. The predicted molar refractivity (Wildman–Crippen MR) is 261 cm³/mol. The van der Waals surface area contributed by atoms with Gasteiger partial charge in [-0.25, -0.2) is 0 Å². The molecule has 1 aromatic heterocycles. The van der Waals surface area contributed by atoms with Crippen LogP contribution in [-0.4, -0.2) is 0 Å². The zero-order valence-electron chi connectivity index (χ0n) is 33.4. The number of hydrogen-bond acceptors (Lipinski definition) is 1. The summed E-state index contributed by atoms with van der Waals surface area (Å²) in [6.07, 6.45) is 0. The average molecular weight is 779 g/mol. The van der Waals surface area contributed by atoms with Gasteiger partial charge < -0.3 is 0 Å². The van der Waals surface area contributed by atoms with E-state index >= 15 is 0 Å². The van der Waals surface area contributed by atoms with Crippen molar-refractivity contribution in [3.05, 3.63) is 205 Å². The number of rotatable bonds is 3. The van der Waals surface area contributed by atoms with E-state index in [-0.39, 0.29) is 5.41 Å². The van der Waals surface area contributed by atoms with Gasteiger partial charge in [0.05, 0.1) is 0 Å². The van der Waals surface area contributed by atoms with Crippen LogP contribution in [0.3, 0.4) is 0 Å². The molecule has 0 spiro atoms. The Morgan fingerprint density at radius 1 is 0.317 bits per heavy atom. The molecule has 11 aromatic carbocycles. The lowest BCUT2D eigenvalue weighted by Gasteiger charge is -2.24. The predicted octanol–water partition coefficient (Wildman–Crippen LogP) is 17.1. The van der Waals surface area contributed by atoms with Gasteiger partial charge in [-0.15, -0.1) is 11.3 Å². The van der Waals surface area contributed by atoms with E-state index in [0.717, 1.165) is 0 Å². The zero-order valence-corrected chi connectivity index (χ0v) is 34.2. The summed E-state index contributed by atoms with van der Waals surface area (Å²) in [6, 6.07) is 72.8. The van der Waals surface area contributed by atoms with Gasteiger partial charge in [-0.1, -0.05) is 196 Å². The number of thiophene rings is 1. The fraction of sp³-hybridized carbons (Fsp3) is 0.0508. The van der Waals surface area contributed by atoms with Gasteiger partial charge in [0.1, 0.15) is 0 Å². The van der Waals surface area contributed by atoms with E-state index in [1.54, 1.807) is 0 Å². The minimum Gasteiger partial charge on any atom is -0.135 e. The summed E-state index contributed by atoms with van der Waals surface area (Å²) < 4.78 is 2.69. The number of fused-ring (bicyclic) bond motifs is 13. The van der Waals surface area contributed by atoms with Gasteiger partial charge in [-0.05, 0) is 122 Å². The largest absolute Gasteiger partial charge is 0.135 e. The second-order valence-corrected chi connectivity index (χ2v) is 18.2. The van der Waals surface area contributed by atoms with Crippen LogP contribution in [0.5, 0.6) is 0 Å². The minimum atomic E-state index is -0.120.